The van der Waals surface area contributed by atoms with Crippen LogP contribution in [0.2, 0.25) is 0 Å². The highest BCUT2D eigenvalue weighted by atomic mass is 16.5. The number of nitrogens with zero attached hydrogens (tertiary/aromatic N) is 4. The minimum atomic E-state index is 0.267. The van der Waals surface area contributed by atoms with Gasteiger partial charge in [0.05, 0.1) is 12.5 Å². The molecule has 0 aliphatic carbocycles. The normalized spacial score (nSPS) is 17.2. The van der Waals surface area contributed by atoms with E-state index in [1.807, 2.05) is 24.7 Å². The molecular formula is C21H24N4O. The number of pyridine rings is 1. The summed E-state index contributed by atoms with van der Waals surface area (Å²) < 4.78 is 7.48. The van der Waals surface area contributed by atoms with Crippen molar-refractivity contribution in [3.05, 3.63) is 83.7 Å². The number of ether oxygens (including phenoxy) is 1. The molecule has 3 aromatic rings. The summed E-state index contributed by atoms with van der Waals surface area (Å²) in [5.74, 6) is 1.38. The molecule has 1 unspecified atom stereocenters. The summed E-state index contributed by atoms with van der Waals surface area (Å²) in [6, 6.07) is 12.9. The Kier molecular flexibility index (Phi) is 5.09. The van der Waals surface area contributed by atoms with Crippen molar-refractivity contribution in [2.45, 2.75) is 25.6 Å². The van der Waals surface area contributed by atoms with Crippen molar-refractivity contribution in [2.24, 2.45) is 0 Å². The molecule has 5 heteroatoms. The fourth-order valence-corrected chi connectivity index (χ4v) is 3.78. The Hall–Kier alpha value is -2.50. The number of hydrogen-bond donors (Lipinski definition) is 0. The summed E-state index contributed by atoms with van der Waals surface area (Å²) in [6.07, 6.45) is 7.73. The summed E-state index contributed by atoms with van der Waals surface area (Å²) >= 11 is 0. The molecule has 1 aliphatic rings. The van der Waals surface area contributed by atoms with Crippen LogP contribution < -0.4 is 0 Å². The van der Waals surface area contributed by atoms with Crippen molar-refractivity contribution < 1.29 is 4.74 Å². The SMILES string of the molecule is COCCn1ccnc1C1CN(Cc2cccnc2)Cc2ccccc21. The standard InChI is InChI=1S/C21H24N4O/c1-26-12-11-25-10-9-23-21(25)20-16-24(14-17-5-4-8-22-13-17)15-18-6-2-3-7-19(18)20/h2-10,13,20H,11-12,14-16H2,1H3. The molecular weight excluding hydrogens is 324 g/mol. The Balaban J connectivity index is 1.64. The number of imidazole rings is 1. The fraction of sp³-hybridized carbons (Fsp3) is 0.333. The molecule has 1 aromatic carbocycles. The first-order valence-electron chi connectivity index (χ1n) is 9.04. The van der Waals surface area contributed by atoms with E-state index in [9.17, 15) is 0 Å². The van der Waals surface area contributed by atoms with E-state index in [4.69, 9.17) is 9.72 Å². The van der Waals surface area contributed by atoms with Gasteiger partial charge >= 0.3 is 0 Å². The maximum Gasteiger partial charge on any atom is 0.117 e. The number of methoxy groups -OCH3 is 1. The second kappa shape index (κ2) is 7.81. The summed E-state index contributed by atoms with van der Waals surface area (Å²) in [6.45, 7) is 4.33. The molecule has 26 heavy (non-hydrogen) atoms. The van der Waals surface area contributed by atoms with E-state index in [-0.39, 0.29) is 5.92 Å². The van der Waals surface area contributed by atoms with Gasteiger partial charge in [-0.25, -0.2) is 4.98 Å². The number of fused-ring (bicyclic) bond motifs is 1. The Morgan fingerprint density at radius 3 is 2.92 bits per heavy atom. The van der Waals surface area contributed by atoms with E-state index in [2.05, 4.69) is 51.0 Å². The Morgan fingerprint density at radius 1 is 1.15 bits per heavy atom. The molecule has 3 heterocycles. The third-order valence-electron chi connectivity index (χ3n) is 4.99. The molecule has 0 N–H and O–H groups in total. The van der Waals surface area contributed by atoms with Crippen molar-refractivity contribution in [1.29, 1.82) is 0 Å². The maximum absolute atomic E-state index is 5.26. The minimum absolute atomic E-state index is 0.267. The Bertz CT molecular complexity index is 846. The molecule has 0 fully saturated rings. The van der Waals surface area contributed by atoms with E-state index < -0.39 is 0 Å². The van der Waals surface area contributed by atoms with Gasteiger partial charge in [0.1, 0.15) is 5.82 Å². The lowest BCUT2D eigenvalue weighted by molar-refractivity contribution is 0.184. The first-order chi connectivity index (χ1) is 12.8. The van der Waals surface area contributed by atoms with Crippen LogP contribution in [0.25, 0.3) is 0 Å². The van der Waals surface area contributed by atoms with Gasteiger partial charge in [0.15, 0.2) is 0 Å². The zero-order valence-corrected chi connectivity index (χ0v) is 15.1. The van der Waals surface area contributed by atoms with E-state index in [0.29, 0.717) is 6.61 Å². The highest BCUT2D eigenvalue weighted by Gasteiger charge is 2.29. The van der Waals surface area contributed by atoms with Crippen LogP contribution in [0.1, 0.15) is 28.4 Å². The molecule has 1 atom stereocenters. The quantitative estimate of drug-likeness (QED) is 0.687. The molecule has 4 rings (SSSR count). The van der Waals surface area contributed by atoms with Crippen molar-refractivity contribution >= 4 is 0 Å². The van der Waals surface area contributed by atoms with Crippen LogP contribution in [0, 0.1) is 0 Å². The third kappa shape index (κ3) is 3.54. The topological polar surface area (TPSA) is 43.2 Å². The van der Waals surface area contributed by atoms with Gasteiger partial charge in [-0.1, -0.05) is 30.3 Å². The van der Waals surface area contributed by atoms with Gasteiger partial charge in [0, 0.05) is 58.1 Å². The second-order valence-corrected chi connectivity index (χ2v) is 6.75. The van der Waals surface area contributed by atoms with Gasteiger partial charge in [-0.05, 0) is 22.8 Å². The monoisotopic (exact) mass is 348 g/mol. The molecule has 134 valence electrons. The van der Waals surface area contributed by atoms with Crippen molar-refractivity contribution in [3.8, 4) is 0 Å². The third-order valence-corrected chi connectivity index (χ3v) is 4.99. The summed E-state index contributed by atoms with van der Waals surface area (Å²) in [5.41, 5.74) is 4.02. The van der Waals surface area contributed by atoms with Crippen LogP contribution in [0.4, 0.5) is 0 Å². The molecule has 0 amide bonds. The molecule has 0 spiro atoms. The highest BCUT2D eigenvalue weighted by molar-refractivity contribution is 5.37. The van der Waals surface area contributed by atoms with Crippen molar-refractivity contribution in [3.63, 3.8) is 0 Å². The van der Waals surface area contributed by atoms with E-state index >= 15 is 0 Å². The number of aromatic nitrogens is 3. The lowest BCUT2D eigenvalue weighted by Crippen LogP contribution is -2.35. The lowest BCUT2D eigenvalue weighted by atomic mass is 9.88. The number of benzene rings is 1. The molecule has 5 nitrogen and oxygen atoms in total. The first-order valence-corrected chi connectivity index (χ1v) is 9.04. The average molecular weight is 348 g/mol. The molecule has 1 aliphatic heterocycles. The zero-order valence-electron chi connectivity index (χ0n) is 15.1. The lowest BCUT2D eigenvalue weighted by Gasteiger charge is -2.34. The van der Waals surface area contributed by atoms with Gasteiger partial charge in [-0.3, -0.25) is 9.88 Å². The maximum atomic E-state index is 5.26. The molecule has 0 radical (unpaired) electrons. The van der Waals surface area contributed by atoms with E-state index in [1.54, 1.807) is 7.11 Å². The van der Waals surface area contributed by atoms with Crippen LogP contribution in [-0.2, 0) is 24.4 Å². The van der Waals surface area contributed by atoms with Gasteiger partial charge < -0.3 is 9.30 Å². The zero-order chi connectivity index (χ0) is 17.8. The van der Waals surface area contributed by atoms with Crippen LogP contribution in [0.5, 0.6) is 0 Å². The van der Waals surface area contributed by atoms with Gasteiger partial charge in [0.2, 0.25) is 0 Å². The molecule has 0 saturated heterocycles. The number of hydrogen-bond acceptors (Lipinski definition) is 4. The summed E-state index contributed by atoms with van der Waals surface area (Å²) in [7, 11) is 1.74. The predicted octanol–water partition coefficient (Wildman–Crippen LogP) is 3.07. The van der Waals surface area contributed by atoms with Crippen LogP contribution in [0.3, 0.4) is 0 Å². The minimum Gasteiger partial charge on any atom is -0.383 e. The van der Waals surface area contributed by atoms with E-state index in [1.165, 1.54) is 16.7 Å². The van der Waals surface area contributed by atoms with Crippen molar-refractivity contribution in [2.75, 3.05) is 20.3 Å². The fourth-order valence-electron chi connectivity index (χ4n) is 3.78. The van der Waals surface area contributed by atoms with Gasteiger partial charge in [-0.2, -0.15) is 0 Å². The van der Waals surface area contributed by atoms with Crippen LogP contribution in [0.15, 0.2) is 61.2 Å². The molecule has 2 aromatic heterocycles. The molecule has 0 bridgehead atoms. The Morgan fingerprint density at radius 2 is 2.08 bits per heavy atom. The largest absolute Gasteiger partial charge is 0.383 e. The average Bonchev–Trinajstić information content (AvgIpc) is 3.15. The van der Waals surface area contributed by atoms with Gasteiger partial charge in [0.25, 0.3) is 0 Å². The van der Waals surface area contributed by atoms with Crippen LogP contribution >= 0.6 is 0 Å². The van der Waals surface area contributed by atoms with E-state index in [0.717, 1.165) is 32.0 Å². The predicted molar refractivity (Wildman–Crippen MR) is 101 cm³/mol. The second-order valence-electron chi connectivity index (χ2n) is 6.75. The molecule has 0 saturated carbocycles. The van der Waals surface area contributed by atoms with Crippen molar-refractivity contribution in [1.82, 2.24) is 19.4 Å². The Labute approximate surface area is 154 Å². The summed E-state index contributed by atoms with van der Waals surface area (Å²) in [4.78, 5) is 11.4. The first kappa shape index (κ1) is 16.9. The van der Waals surface area contributed by atoms with Gasteiger partial charge in [-0.15, -0.1) is 0 Å². The van der Waals surface area contributed by atoms with Crippen LogP contribution in [-0.4, -0.2) is 39.7 Å². The summed E-state index contributed by atoms with van der Waals surface area (Å²) in [5, 5.41) is 0. The smallest absolute Gasteiger partial charge is 0.117 e. The number of rotatable bonds is 6. The highest BCUT2D eigenvalue weighted by Crippen LogP contribution is 2.33.